The van der Waals surface area contributed by atoms with Gasteiger partial charge in [0.05, 0.1) is 6.04 Å². The van der Waals surface area contributed by atoms with Crippen molar-refractivity contribution in [3.05, 3.63) is 29.3 Å². The average molecular weight is 421 g/mol. The van der Waals surface area contributed by atoms with Gasteiger partial charge in [0.15, 0.2) is 0 Å². The van der Waals surface area contributed by atoms with E-state index in [1.165, 1.54) is 19.3 Å². The second-order valence-electron chi connectivity index (χ2n) is 7.32. The highest BCUT2D eigenvalue weighted by Gasteiger charge is 2.34. The van der Waals surface area contributed by atoms with Gasteiger partial charge in [-0.3, -0.25) is 9.59 Å². The third kappa shape index (κ3) is 6.85. The van der Waals surface area contributed by atoms with Gasteiger partial charge in [0, 0.05) is 37.1 Å². The maximum absolute atomic E-state index is 12.8. The fourth-order valence-electron chi connectivity index (χ4n) is 3.53. The Bertz CT molecular complexity index is 695. The number of benzene rings is 1. The molecule has 0 fully saturated rings. The standard InChI is InChI=1S/C22H32N2O4S/c1-23-21(27)12-11-17(16-26)24-15-19-18(22(24)28)9-8-10-20(19)29-14-7-5-3-2-4-6-13-25/h8-10,16-17,25H,2-7,11-15H2,1H3,(H,23,27). The molecule has 0 bridgehead atoms. The van der Waals surface area contributed by atoms with Gasteiger partial charge in [0.1, 0.15) is 6.29 Å². The van der Waals surface area contributed by atoms with Crippen molar-refractivity contribution in [2.45, 2.75) is 68.8 Å². The molecule has 0 aliphatic carbocycles. The number of thioether (sulfide) groups is 1. The number of carbonyl (C=O) groups excluding carboxylic acids is 3. The Morgan fingerprint density at radius 2 is 1.97 bits per heavy atom. The van der Waals surface area contributed by atoms with Gasteiger partial charge in [-0.15, -0.1) is 11.8 Å². The molecule has 1 aromatic carbocycles. The fraction of sp³-hybridized carbons (Fsp3) is 0.591. The van der Waals surface area contributed by atoms with Gasteiger partial charge in [-0.25, -0.2) is 0 Å². The van der Waals surface area contributed by atoms with Crippen LogP contribution in [0.4, 0.5) is 0 Å². The molecule has 1 aliphatic heterocycles. The van der Waals surface area contributed by atoms with Gasteiger partial charge in [0.25, 0.3) is 5.91 Å². The quantitative estimate of drug-likeness (QED) is 0.274. The molecule has 7 heteroatoms. The Balaban J connectivity index is 1.88. The monoisotopic (exact) mass is 420 g/mol. The molecule has 0 aromatic heterocycles. The summed E-state index contributed by atoms with van der Waals surface area (Å²) in [5.41, 5.74) is 1.67. The maximum atomic E-state index is 12.8. The smallest absolute Gasteiger partial charge is 0.255 e. The van der Waals surface area contributed by atoms with E-state index in [4.69, 9.17) is 5.11 Å². The van der Waals surface area contributed by atoms with E-state index in [0.717, 1.165) is 41.8 Å². The third-order valence-electron chi connectivity index (χ3n) is 5.27. The number of nitrogens with one attached hydrogen (secondary N) is 1. The molecule has 1 atom stereocenters. The van der Waals surface area contributed by atoms with Crippen LogP contribution in [0.3, 0.4) is 0 Å². The number of unbranched alkanes of at least 4 members (excludes halogenated alkanes) is 5. The van der Waals surface area contributed by atoms with Crippen LogP contribution in [-0.4, -0.2) is 53.6 Å². The molecular weight excluding hydrogens is 388 g/mol. The Labute approximate surface area is 177 Å². The van der Waals surface area contributed by atoms with Crippen molar-refractivity contribution in [3.63, 3.8) is 0 Å². The van der Waals surface area contributed by atoms with Crippen molar-refractivity contribution >= 4 is 29.9 Å². The molecule has 2 N–H and O–H groups in total. The minimum atomic E-state index is -0.580. The highest BCUT2D eigenvalue weighted by molar-refractivity contribution is 7.99. The van der Waals surface area contributed by atoms with E-state index in [0.29, 0.717) is 18.5 Å². The normalized spacial score (nSPS) is 14.0. The van der Waals surface area contributed by atoms with E-state index in [1.807, 2.05) is 18.2 Å². The van der Waals surface area contributed by atoms with Crippen LogP contribution < -0.4 is 5.32 Å². The lowest BCUT2D eigenvalue weighted by molar-refractivity contribution is -0.121. The molecule has 1 heterocycles. The zero-order valence-corrected chi connectivity index (χ0v) is 18.0. The molecule has 1 aliphatic rings. The van der Waals surface area contributed by atoms with Crippen LogP contribution in [0.25, 0.3) is 0 Å². The molecule has 0 radical (unpaired) electrons. The Morgan fingerprint density at radius 1 is 1.24 bits per heavy atom. The topological polar surface area (TPSA) is 86.7 Å². The molecule has 1 aromatic rings. The van der Waals surface area contributed by atoms with E-state index < -0.39 is 6.04 Å². The molecule has 29 heavy (non-hydrogen) atoms. The lowest BCUT2D eigenvalue weighted by Gasteiger charge is -2.22. The zero-order chi connectivity index (χ0) is 21.1. The summed E-state index contributed by atoms with van der Waals surface area (Å²) in [5, 5.41) is 11.3. The number of amides is 2. The van der Waals surface area contributed by atoms with Crippen LogP contribution in [0.1, 0.15) is 67.3 Å². The fourth-order valence-corrected chi connectivity index (χ4v) is 4.63. The molecule has 1 unspecified atom stereocenters. The van der Waals surface area contributed by atoms with Gasteiger partial charge in [-0.1, -0.05) is 31.7 Å². The van der Waals surface area contributed by atoms with Crippen molar-refractivity contribution in [1.29, 1.82) is 0 Å². The van der Waals surface area contributed by atoms with Crippen LogP contribution >= 0.6 is 11.8 Å². The van der Waals surface area contributed by atoms with Gasteiger partial charge in [-0.2, -0.15) is 0 Å². The number of hydrogen-bond acceptors (Lipinski definition) is 5. The second-order valence-corrected chi connectivity index (χ2v) is 8.46. The first-order chi connectivity index (χ1) is 14.1. The number of aliphatic hydroxyl groups is 1. The number of aliphatic hydroxyl groups excluding tert-OH is 1. The second kappa shape index (κ2) is 12.6. The summed E-state index contributed by atoms with van der Waals surface area (Å²) in [6.07, 6.45) is 7.95. The molecule has 160 valence electrons. The number of carbonyl (C=O) groups is 3. The zero-order valence-electron chi connectivity index (χ0n) is 17.2. The molecule has 0 saturated heterocycles. The molecule has 0 saturated carbocycles. The average Bonchev–Trinajstić information content (AvgIpc) is 3.07. The number of fused-ring (bicyclic) bond motifs is 1. The molecule has 6 nitrogen and oxygen atoms in total. The van der Waals surface area contributed by atoms with Crippen molar-refractivity contribution in [2.75, 3.05) is 19.4 Å². The number of hydrogen-bond donors (Lipinski definition) is 2. The summed E-state index contributed by atoms with van der Waals surface area (Å²) < 4.78 is 0. The SMILES string of the molecule is CNC(=O)CCC(C=O)N1Cc2c(SCCCCCCCCO)cccc2C1=O. The van der Waals surface area contributed by atoms with E-state index in [2.05, 4.69) is 5.32 Å². The van der Waals surface area contributed by atoms with E-state index >= 15 is 0 Å². The first-order valence-corrected chi connectivity index (χ1v) is 11.4. The summed E-state index contributed by atoms with van der Waals surface area (Å²) in [6, 6.07) is 5.19. The summed E-state index contributed by atoms with van der Waals surface area (Å²) in [7, 11) is 1.56. The largest absolute Gasteiger partial charge is 0.396 e. The lowest BCUT2D eigenvalue weighted by atomic mass is 10.1. The summed E-state index contributed by atoms with van der Waals surface area (Å²) in [6.45, 7) is 0.705. The Kier molecular flexibility index (Phi) is 10.2. The van der Waals surface area contributed by atoms with Crippen LogP contribution in [0, 0.1) is 0 Å². The first-order valence-electron chi connectivity index (χ1n) is 10.4. The van der Waals surface area contributed by atoms with E-state index in [1.54, 1.807) is 23.7 Å². The van der Waals surface area contributed by atoms with Crippen LogP contribution in [0.2, 0.25) is 0 Å². The minimum Gasteiger partial charge on any atom is -0.396 e. The molecule has 2 amide bonds. The summed E-state index contributed by atoms with van der Waals surface area (Å²) >= 11 is 1.77. The van der Waals surface area contributed by atoms with Crippen molar-refractivity contribution in [3.8, 4) is 0 Å². The minimum absolute atomic E-state index is 0.125. The summed E-state index contributed by atoms with van der Waals surface area (Å²) in [5.74, 6) is 0.743. The molecular formula is C22H32N2O4S. The highest BCUT2D eigenvalue weighted by atomic mass is 32.2. The molecule has 0 spiro atoms. The Morgan fingerprint density at radius 3 is 2.66 bits per heavy atom. The maximum Gasteiger partial charge on any atom is 0.255 e. The van der Waals surface area contributed by atoms with Crippen molar-refractivity contribution < 1.29 is 19.5 Å². The number of aldehydes is 1. The first kappa shape index (κ1) is 23.4. The van der Waals surface area contributed by atoms with E-state index in [9.17, 15) is 14.4 Å². The van der Waals surface area contributed by atoms with Crippen LogP contribution in [0.5, 0.6) is 0 Å². The van der Waals surface area contributed by atoms with Gasteiger partial charge < -0.3 is 20.1 Å². The predicted octanol–water partition coefficient (Wildman–Crippen LogP) is 3.16. The van der Waals surface area contributed by atoms with Gasteiger partial charge >= 0.3 is 0 Å². The third-order valence-corrected chi connectivity index (χ3v) is 6.45. The van der Waals surface area contributed by atoms with E-state index in [-0.39, 0.29) is 24.8 Å². The Hall–Kier alpha value is -1.86. The van der Waals surface area contributed by atoms with Gasteiger partial charge in [0.2, 0.25) is 5.91 Å². The van der Waals surface area contributed by atoms with Crippen LogP contribution in [0.15, 0.2) is 23.1 Å². The van der Waals surface area contributed by atoms with Crippen molar-refractivity contribution in [2.24, 2.45) is 0 Å². The number of nitrogens with zero attached hydrogens (tertiary/aromatic N) is 1. The van der Waals surface area contributed by atoms with Gasteiger partial charge in [-0.05, 0) is 42.7 Å². The van der Waals surface area contributed by atoms with Crippen LogP contribution in [-0.2, 0) is 16.1 Å². The molecule has 2 rings (SSSR count). The highest BCUT2D eigenvalue weighted by Crippen LogP contribution is 2.34. The van der Waals surface area contributed by atoms with Crippen molar-refractivity contribution in [1.82, 2.24) is 10.2 Å². The predicted molar refractivity (Wildman–Crippen MR) is 115 cm³/mol. The number of rotatable bonds is 14. The summed E-state index contributed by atoms with van der Waals surface area (Å²) in [4.78, 5) is 38.6. The lowest BCUT2D eigenvalue weighted by Crippen LogP contribution is -2.37.